The number of nitrogens with one attached hydrogen (secondary N) is 2. The lowest BCUT2D eigenvalue weighted by molar-refractivity contribution is -0.144. The molecule has 0 bridgehead atoms. The van der Waals surface area contributed by atoms with Gasteiger partial charge in [-0.15, -0.1) is 0 Å². The molecular formula is C34H41N3O5. The van der Waals surface area contributed by atoms with Gasteiger partial charge in [0.1, 0.15) is 12.6 Å². The lowest BCUT2D eigenvalue weighted by atomic mass is 9.77. The number of nitrogens with zero attached hydrogens (tertiary/aromatic N) is 1. The number of carbonyl (C=O) groups excluding carboxylic acids is 2. The molecule has 0 radical (unpaired) electrons. The van der Waals surface area contributed by atoms with Crippen LogP contribution in [0.15, 0.2) is 78.9 Å². The molecule has 8 heteroatoms. The minimum Gasteiger partial charge on any atom is -0.480 e. The van der Waals surface area contributed by atoms with Crippen molar-refractivity contribution in [2.24, 2.45) is 11.3 Å². The highest BCUT2D eigenvalue weighted by Crippen LogP contribution is 2.44. The van der Waals surface area contributed by atoms with Crippen molar-refractivity contribution < 1.29 is 24.2 Å². The van der Waals surface area contributed by atoms with Crippen LogP contribution in [0.2, 0.25) is 0 Å². The third-order valence-electron chi connectivity index (χ3n) is 8.04. The number of carboxylic acids is 1. The number of alkyl carbamates (subject to hydrolysis) is 1. The molecule has 0 spiro atoms. The van der Waals surface area contributed by atoms with Gasteiger partial charge >= 0.3 is 12.1 Å². The molecule has 222 valence electrons. The number of rotatable bonds is 12. The van der Waals surface area contributed by atoms with E-state index in [0.717, 1.165) is 27.8 Å². The van der Waals surface area contributed by atoms with Gasteiger partial charge in [0.2, 0.25) is 5.91 Å². The Morgan fingerprint density at radius 3 is 1.98 bits per heavy atom. The maximum atomic E-state index is 13.5. The van der Waals surface area contributed by atoms with Crippen LogP contribution in [0, 0.1) is 11.3 Å². The summed E-state index contributed by atoms with van der Waals surface area (Å²) in [5.74, 6) is -1.79. The predicted molar refractivity (Wildman–Crippen MR) is 163 cm³/mol. The molecule has 4 rings (SSSR count). The van der Waals surface area contributed by atoms with Crippen LogP contribution >= 0.6 is 0 Å². The third-order valence-corrected chi connectivity index (χ3v) is 8.04. The van der Waals surface area contributed by atoms with E-state index in [0.29, 0.717) is 6.54 Å². The average molecular weight is 572 g/mol. The van der Waals surface area contributed by atoms with Crippen LogP contribution in [-0.4, -0.2) is 60.3 Å². The number of likely N-dealkylation sites (N-methyl/N-ethyl adjacent to an activating group) is 1. The largest absolute Gasteiger partial charge is 0.480 e. The molecule has 0 aliphatic heterocycles. The van der Waals surface area contributed by atoms with Gasteiger partial charge in [0, 0.05) is 25.0 Å². The molecule has 0 saturated carbocycles. The van der Waals surface area contributed by atoms with E-state index in [-0.39, 0.29) is 25.0 Å². The summed E-state index contributed by atoms with van der Waals surface area (Å²) >= 11 is 0. The molecule has 1 aliphatic carbocycles. The van der Waals surface area contributed by atoms with Crippen LogP contribution in [0.3, 0.4) is 0 Å². The zero-order valence-corrected chi connectivity index (χ0v) is 25.0. The van der Waals surface area contributed by atoms with Crippen molar-refractivity contribution in [3.8, 4) is 11.1 Å². The molecule has 2 amide bonds. The van der Waals surface area contributed by atoms with Gasteiger partial charge in [0.05, 0.1) is 5.41 Å². The number of aliphatic carboxylic acids is 1. The lowest BCUT2D eigenvalue weighted by Crippen LogP contribution is -2.58. The van der Waals surface area contributed by atoms with Gasteiger partial charge in [-0.2, -0.15) is 0 Å². The molecule has 42 heavy (non-hydrogen) atoms. The van der Waals surface area contributed by atoms with Gasteiger partial charge in [-0.1, -0.05) is 92.7 Å². The van der Waals surface area contributed by atoms with Gasteiger partial charge in [-0.05, 0) is 54.6 Å². The first-order valence-electron chi connectivity index (χ1n) is 14.4. The molecule has 3 aromatic rings. The van der Waals surface area contributed by atoms with Crippen molar-refractivity contribution in [2.75, 3.05) is 20.2 Å². The maximum absolute atomic E-state index is 13.5. The molecule has 0 aromatic heterocycles. The average Bonchev–Trinajstić information content (AvgIpc) is 3.28. The molecule has 2 atom stereocenters. The van der Waals surface area contributed by atoms with Gasteiger partial charge in [0.15, 0.2) is 0 Å². The highest BCUT2D eigenvalue weighted by molar-refractivity contribution is 5.88. The summed E-state index contributed by atoms with van der Waals surface area (Å²) in [6.07, 6.45) is -0.617. The van der Waals surface area contributed by atoms with Crippen LogP contribution in [0.25, 0.3) is 11.1 Å². The summed E-state index contributed by atoms with van der Waals surface area (Å²) in [5.41, 5.74) is 4.44. The highest BCUT2D eigenvalue weighted by atomic mass is 16.5. The lowest BCUT2D eigenvalue weighted by Gasteiger charge is -2.37. The Balaban J connectivity index is 1.39. The van der Waals surface area contributed by atoms with E-state index in [4.69, 9.17) is 4.74 Å². The maximum Gasteiger partial charge on any atom is 0.407 e. The Morgan fingerprint density at radius 2 is 1.43 bits per heavy atom. The van der Waals surface area contributed by atoms with Crippen LogP contribution in [0.1, 0.15) is 50.3 Å². The van der Waals surface area contributed by atoms with Crippen molar-refractivity contribution in [3.05, 3.63) is 95.6 Å². The first-order chi connectivity index (χ1) is 20.0. The fourth-order valence-corrected chi connectivity index (χ4v) is 5.89. The van der Waals surface area contributed by atoms with E-state index in [2.05, 4.69) is 34.9 Å². The second-order valence-electron chi connectivity index (χ2n) is 12.0. The highest BCUT2D eigenvalue weighted by Gasteiger charge is 2.41. The SMILES string of the molecule is CC(C)C(NC(=O)OCC1c2ccccc2-c2ccccc21)C(C)(C)C(=O)NC(CN(C)Cc1ccccc1)C(=O)O. The molecular weight excluding hydrogens is 530 g/mol. The molecule has 0 heterocycles. The first kappa shape index (κ1) is 30.8. The summed E-state index contributed by atoms with van der Waals surface area (Å²) in [7, 11) is 1.82. The topological polar surface area (TPSA) is 108 Å². The minimum absolute atomic E-state index is 0.0823. The number of benzene rings is 3. The summed E-state index contributed by atoms with van der Waals surface area (Å²) in [6.45, 7) is 8.07. The molecule has 3 aromatic carbocycles. The van der Waals surface area contributed by atoms with Crippen molar-refractivity contribution in [2.45, 2.75) is 52.2 Å². The number of carboxylic acid groups (broad SMARTS) is 1. The van der Waals surface area contributed by atoms with E-state index < -0.39 is 35.5 Å². The zero-order chi connectivity index (χ0) is 30.4. The second-order valence-corrected chi connectivity index (χ2v) is 12.0. The second kappa shape index (κ2) is 13.2. The zero-order valence-electron chi connectivity index (χ0n) is 25.0. The number of hydrogen-bond acceptors (Lipinski definition) is 5. The van der Waals surface area contributed by atoms with E-state index in [9.17, 15) is 19.5 Å². The van der Waals surface area contributed by atoms with E-state index in [1.54, 1.807) is 13.8 Å². The fourth-order valence-electron chi connectivity index (χ4n) is 5.89. The van der Waals surface area contributed by atoms with Crippen LogP contribution in [-0.2, 0) is 20.9 Å². The number of ether oxygens (including phenoxy) is 1. The van der Waals surface area contributed by atoms with E-state index >= 15 is 0 Å². The number of amides is 2. The molecule has 3 N–H and O–H groups in total. The summed E-state index contributed by atoms with van der Waals surface area (Å²) < 4.78 is 5.74. The molecule has 2 unspecified atom stereocenters. The Labute approximate surface area is 248 Å². The smallest absolute Gasteiger partial charge is 0.407 e. The Morgan fingerprint density at radius 1 is 0.881 bits per heavy atom. The van der Waals surface area contributed by atoms with Crippen LogP contribution in [0.5, 0.6) is 0 Å². The Kier molecular flexibility index (Phi) is 9.68. The monoisotopic (exact) mass is 571 g/mol. The van der Waals surface area contributed by atoms with Crippen molar-refractivity contribution >= 4 is 18.0 Å². The van der Waals surface area contributed by atoms with Gasteiger partial charge in [-0.25, -0.2) is 9.59 Å². The molecule has 0 fully saturated rings. The molecule has 1 aliphatic rings. The Bertz CT molecular complexity index is 1360. The van der Waals surface area contributed by atoms with Crippen LogP contribution < -0.4 is 10.6 Å². The first-order valence-corrected chi connectivity index (χ1v) is 14.4. The van der Waals surface area contributed by atoms with E-state index in [1.807, 2.05) is 80.4 Å². The van der Waals surface area contributed by atoms with Crippen LogP contribution in [0.4, 0.5) is 4.79 Å². The number of fused-ring (bicyclic) bond motifs is 3. The number of hydrogen-bond donors (Lipinski definition) is 3. The fraction of sp³-hybridized carbons (Fsp3) is 0.382. The molecule has 0 saturated heterocycles. The summed E-state index contributed by atoms with van der Waals surface area (Å²) in [4.78, 5) is 40.5. The molecule has 8 nitrogen and oxygen atoms in total. The van der Waals surface area contributed by atoms with Gasteiger partial charge < -0.3 is 20.5 Å². The van der Waals surface area contributed by atoms with E-state index in [1.165, 1.54) is 0 Å². The van der Waals surface area contributed by atoms with Gasteiger partial charge in [-0.3, -0.25) is 9.69 Å². The predicted octanol–water partition coefficient (Wildman–Crippen LogP) is 5.28. The quantitative estimate of drug-likeness (QED) is 0.273. The van der Waals surface area contributed by atoms with Gasteiger partial charge in [0.25, 0.3) is 0 Å². The Hall–Kier alpha value is -4.17. The van der Waals surface area contributed by atoms with Crippen molar-refractivity contribution in [3.63, 3.8) is 0 Å². The normalized spacial score (nSPS) is 14.2. The van der Waals surface area contributed by atoms with Crippen molar-refractivity contribution in [1.29, 1.82) is 0 Å². The number of carbonyl (C=O) groups is 3. The third kappa shape index (κ3) is 6.99. The summed E-state index contributed by atoms with van der Waals surface area (Å²) in [6, 6.07) is 24.2. The minimum atomic E-state index is -1.12. The summed E-state index contributed by atoms with van der Waals surface area (Å²) in [5, 5.41) is 15.5. The standard InChI is InChI=1S/C34H41N3O5/c1-22(2)30(34(3,4)32(40)35-29(31(38)39)20-37(5)19-23-13-7-6-8-14-23)36-33(41)42-21-28-26-17-11-9-15-24(26)25-16-10-12-18-27(25)28/h6-18,22,28-30H,19-21H2,1-5H3,(H,35,40)(H,36,41)(H,38,39). The van der Waals surface area contributed by atoms with Crippen molar-refractivity contribution in [1.82, 2.24) is 15.5 Å².